The van der Waals surface area contributed by atoms with Crippen LogP contribution in [0.2, 0.25) is 0 Å². The van der Waals surface area contributed by atoms with Crippen LogP contribution in [0.4, 0.5) is 4.39 Å². The molecule has 0 aliphatic heterocycles. The van der Waals surface area contributed by atoms with Gasteiger partial charge in [-0.25, -0.2) is 13.9 Å². The second kappa shape index (κ2) is 7.18. The van der Waals surface area contributed by atoms with E-state index in [9.17, 15) is 14.0 Å². The number of esters is 1. The minimum atomic E-state index is -0.590. The molecule has 3 rings (SSSR count). The molecular weight excluding hydrogens is 337 g/mol. The van der Waals surface area contributed by atoms with Gasteiger partial charge in [-0.05, 0) is 48.9 Å². The maximum Gasteiger partial charge on any atom is 0.359 e. The van der Waals surface area contributed by atoms with E-state index in [1.165, 1.54) is 16.8 Å². The molecule has 26 heavy (non-hydrogen) atoms. The number of carbonyl (C=O) groups excluding carboxylic acids is 2. The summed E-state index contributed by atoms with van der Waals surface area (Å²) in [4.78, 5) is 23.5. The molecule has 0 atom stereocenters. The SMILES string of the molecule is Cc1cn(-c2ccc(F)cc2)nc1C(=O)OCc1cccc(C(N)=O)c1. The molecule has 0 bridgehead atoms. The van der Waals surface area contributed by atoms with Gasteiger partial charge in [-0.15, -0.1) is 0 Å². The molecule has 0 unspecified atom stereocenters. The van der Waals surface area contributed by atoms with E-state index < -0.39 is 11.9 Å². The summed E-state index contributed by atoms with van der Waals surface area (Å²) >= 11 is 0. The van der Waals surface area contributed by atoms with Crippen molar-refractivity contribution in [3.63, 3.8) is 0 Å². The molecule has 3 aromatic rings. The lowest BCUT2D eigenvalue weighted by molar-refractivity contribution is 0.0464. The normalized spacial score (nSPS) is 10.5. The third kappa shape index (κ3) is 3.77. The van der Waals surface area contributed by atoms with Crippen molar-refractivity contribution in [2.24, 2.45) is 5.73 Å². The first kappa shape index (κ1) is 17.3. The predicted octanol–water partition coefficient (Wildman–Crippen LogP) is 2.78. The second-order valence-corrected chi connectivity index (χ2v) is 5.72. The Labute approximate surface area is 149 Å². The molecule has 1 aromatic heterocycles. The summed E-state index contributed by atoms with van der Waals surface area (Å²) in [6, 6.07) is 12.3. The smallest absolute Gasteiger partial charge is 0.359 e. The van der Waals surface area contributed by atoms with E-state index in [4.69, 9.17) is 10.5 Å². The number of nitrogens with zero attached hydrogens (tertiary/aromatic N) is 2. The van der Waals surface area contributed by atoms with Gasteiger partial charge >= 0.3 is 5.97 Å². The number of ether oxygens (including phenoxy) is 1. The van der Waals surface area contributed by atoms with Gasteiger partial charge in [0.05, 0.1) is 5.69 Å². The van der Waals surface area contributed by atoms with Gasteiger partial charge in [-0.1, -0.05) is 12.1 Å². The standard InChI is InChI=1S/C19H16FN3O3/c1-12-10-23(16-7-5-15(20)6-8-16)22-17(12)19(25)26-11-13-3-2-4-14(9-13)18(21)24/h2-10H,11H2,1H3,(H2,21,24). The summed E-state index contributed by atoms with van der Waals surface area (Å²) in [7, 11) is 0. The molecule has 0 aliphatic rings. The third-order valence-electron chi connectivity index (χ3n) is 3.76. The van der Waals surface area contributed by atoms with Crippen molar-refractivity contribution in [2.45, 2.75) is 13.5 Å². The number of aryl methyl sites for hydroxylation is 1. The Morgan fingerprint density at radius 3 is 2.62 bits per heavy atom. The highest BCUT2D eigenvalue weighted by Gasteiger charge is 2.16. The van der Waals surface area contributed by atoms with Crippen LogP contribution in [-0.4, -0.2) is 21.7 Å². The average Bonchev–Trinajstić information content (AvgIpc) is 3.02. The zero-order valence-corrected chi connectivity index (χ0v) is 14.0. The predicted molar refractivity (Wildman–Crippen MR) is 92.3 cm³/mol. The monoisotopic (exact) mass is 353 g/mol. The highest BCUT2D eigenvalue weighted by molar-refractivity contribution is 5.93. The van der Waals surface area contributed by atoms with Crippen molar-refractivity contribution in [1.82, 2.24) is 9.78 Å². The zero-order chi connectivity index (χ0) is 18.7. The van der Waals surface area contributed by atoms with Gasteiger partial charge in [0, 0.05) is 17.3 Å². The zero-order valence-electron chi connectivity index (χ0n) is 14.0. The first-order chi connectivity index (χ1) is 12.4. The number of nitrogens with two attached hydrogens (primary N) is 1. The van der Waals surface area contributed by atoms with Gasteiger partial charge in [0.25, 0.3) is 0 Å². The molecule has 0 spiro atoms. The maximum atomic E-state index is 13.0. The van der Waals surface area contributed by atoms with E-state index in [2.05, 4.69) is 5.10 Å². The first-order valence-corrected chi connectivity index (χ1v) is 7.82. The van der Waals surface area contributed by atoms with E-state index in [1.54, 1.807) is 49.5 Å². The lowest BCUT2D eigenvalue weighted by Gasteiger charge is -2.05. The van der Waals surface area contributed by atoms with Crippen molar-refractivity contribution in [1.29, 1.82) is 0 Å². The van der Waals surface area contributed by atoms with Crippen molar-refractivity contribution >= 4 is 11.9 Å². The Balaban J connectivity index is 1.73. The Bertz CT molecular complexity index is 964. The molecule has 7 heteroatoms. The fourth-order valence-electron chi connectivity index (χ4n) is 2.42. The Kier molecular flexibility index (Phi) is 4.79. The molecule has 2 aromatic carbocycles. The molecule has 0 fully saturated rings. The fourth-order valence-corrected chi connectivity index (χ4v) is 2.42. The molecule has 0 radical (unpaired) electrons. The summed E-state index contributed by atoms with van der Waals surface area (Å²) in [5.41, 5.74) is 7.64. The topological polar surface area (TPSA) is 87.2 Å². The van der Waals surface area contributed by atoms with Gasteiger partial charge in [-0.3, -0.25) is 4.79 Å². The number of benzene rings is 2. The molecule has 2 N–H and O–H groups in total. The molecule has 132 valence electrons. The Morgan fingerprint density at radius 1 is 1.19 bits per heavy atom. The molecule has 0 saturated heterocycles. The van der Waals surface area contributed by atoms with Crippen molar-refractivity contribution in [3.05, 3.63) is 82.9 Å². The van der Waals surface area contributed by atoms with Crippen molar-refractivity contribution in [3.8, 4) is 5.69 Å². The largest absolute Gasteiger partial charge is 0.456 e. The molecule has 1 heterocycles. The molecule has 0 saturated carbocycles. The summed E-state index contributed by atoms with van der Waals surface area (Å²) in [5.74, 6) is -1.49. The fraction of sp³-hybridized carbons (Fsp3) is 0.105. The molecule has 1 amide bonds. The van der Waals surface area contributed by atoms with Gasteiger partial charge in [0.2, 0.25) is 5.91 Å². The lowest BCUT2D eigenvalue weighted by Crippen LogP contribution is -2.12. The van der Waals surface area contributed by atoms with Gasteiger partial charge in [0.1, 0.15) is 12.4 Å². The number of rotatable bonds is 5. The number of hydrogen-bond acceptors (Lipinski definition) is 4. The molecule has 6 nitrogen and oxygen atoms in total. The van der Waals surface area contributed by atoms with E-state index in [1.807, 2.05) is 0 Å². The summed E-state index contributed by atoms with van der Waals surface area (Å²) in [6.07, 6.45) is 1.66. The minimum Gasteiger partial charge on any atom is -0.456 e. The summed E-state index contributed by atoms with van der Waals surface area (Å²) in [6.45, 7) is 1.72. The summed E-state index contributed by atoms with van der Waals surface area (Å²) in [5, 5.41) is 4.21. The van der Waals surface area contributed by atoms with Crippen LogP contribution in [0, 0.1) is 12.7 Å². The first-order valence-electron chi connectivity index (χ1n) is 7.82. The lowest BCUT2D eigenvalue weighted by atomic mass is 10.1. The van der Waals surface area contributed by atoms with Crippen LogP contribution in [0.15, 0.2) is 54.7 Å². The van der Waals surface area contributed by atoms with Crippen LogP contribution in [-0.2, 0) is 11.3 Å². The molecule has 0 aliphatic carbocycles. The van der Waals surface area contributed by atoms with Crippen LogP contribution in [0.1, 0.15) is 32.0 Å². The highest BCUT2D eigenvalue weighted by atomic mass is 19.1. The Hall–Kier alpha value is -3.48. The van der Waals surface area contributed by atoms with Gasteiger partial charge in [0.15, 0.2) is 5.69 Å². The van der Waals surface area contributed by atoms with E-state index in [0.717, 1.165) is 0 Å². The van der Waals surface area contributed by atoms with E-state index in [0.29, 0.717) is 22.4 Å². The van der Waals surface area contributed by atoms with Crippen molar-refractivity contribution < 1.29 is 18.7 Å². The van der Waals surface area contributed by atoms with Crippen LogP contribution in [0.3, 0.4) is 0 Å². The average molecular weight is 353 g/mol. The number of primary amides is 1. The van der Waals surface area contributed by atoms with Gasteiger partial charge in [-0.2, -0.15) is 5.10 Å². The number of carbonyl (C=O) groups is 2. The highest BCUT2D eigenvalue weighted by Crippen LogP contribution is 2.14. The Morgan fingerprint density at radius 2 is 1.92 bits per heavy atom. The number of aromatic nitrogens is 2. The van der Waals surface area contributed by atoms with Crippen LogP contribution < -0.4 is 5.73 Å². The number of amides is 1. The third-order valence-corrected chi connectivity index (χ3v) is 3.76. The van der Waals surface area contributed by atoms with Crippen LogP contribution >= 0.6 is 0 Å². The van der Waals surface area contributed by atoms with Crippen LogP contribution in [0.5, 0.6) is 0 Å². The minimum absolute atomic E-state index is 0.0111. The van der Waals surface area contributed by atoms with E-state index >= 15 is 0 Å². The van der Waals surface area contributed by atoms with E-state index in [-0.39, 0.29) is 18.1 Å². The van der Waals surface area contributed by atoms with Crippen molar-refractivity contribution in [2.75, 3.05) is 0 Å². The molecular formula is C19H16FN3O3. The van der Waals surface area contributed by atoms with Gasteiger partial charge < -0.3 is 10.5 Å². The summed E-state index contributed by atoms with van der Waals surface area (Å²) < 4.78 is 19.8. The van der Waals surface area contributed by atoms with Crippen LogP contribution in [0.25, 0.3) is 5.69 Å². The maximum absolute atomic E-state index is 13.0. The quantitative estimate of drug-likeness (QED) is 0.715. The number of hydrogen-bond donors (Lipinski definition) is 1. The number of halogens is 1. The second-order valence-electron chi connectivity index (χ2n) is 5.72.